The lowest BCUT2D eigenvalue weighted by molar-refractivity contribution is 0.0228. The van der Waals surface area contributed by atoms with Crippen LogP contribution in [0, 0.1) is 5.92 Å². The third-order valence-corrected chi connectivity index (χ3v) is 5.40. The van der Waals surface area contributed by atoms with Crippen molar-refractivity contribution in [3.8, 4) is 0 Å². The third kappa shape index (κ3) is 4.12. The van der Waals surface area contributed by atoms with Gasteiger partial charge in [-0.1, -0.05) is 12.1 Å². The van der Waals surface area contributed by atoms with Crippen molar-refractivity contribution in [3.05, 3.63) is 59.9 Å². The highest BCUT2D eigenvalue weighted by Crippen LogP contribution is 2.37. The molecule has 2 fully saturated rings. The van der Waals surface area contributed by atoms with Crippen molar-refractivity contribution in [3.63, 3.8) is 0 Å². The Kier molecular flexibility index (Phi) is 5.36. The van der Waals surface area contributed by atoms with E-state index in [0.29, 0.717) is 31.6 Å². The third-order valence-electron chi connectivity index (χ3n) is 5.40. The number of rotatable bonds is 5. The van der Waals surface area contributed by atoms with Crippen LogP contribution in [0.1, 0.15) is 34.9 Å². The van der Waals surface area contributed by atoms with E-state index in [2.05, 4.69) is 15.2 Å². The van der Waals surface area contributed by atoms with Gasteiger partial charge in [0.2, 0.25) is 0 Å². The Morgan fingerprint density at radius 2 is 2.00 bits per heavy atom. The second-order valence-electron chi connectivity index (χ2n) is 7.24. The van der Waals surface area contributed by atoms with Crippen molar-refractivity contribution in [2.45, 2.75) is 25.0 Å². The fraction of sp³-hybridized carbons (Fsp3) is 0.429. The Hall–Kier alpha value is -2.44. The summed E-state index contributed by atoms with van der Waals surface area (Å²) in [6, 6.07) is 13.3. The van der Waals surface area contributed by atoms with E-state index in [-0.39, 0.29) is 24.0 Å². The lowest BCUT2D eigenvalue weighted by Gasteiger charge is -2.37. The molecule has 0 unspecified atom stereocenters. The van der Waals surface area contributed by atoms with Gasteiger partial charge in [-0.05, 0) is 49.1 Å². The minimum atomic E-state index is -0.275. The molecule has 1 amide bonds. The number of anilines is 1. The van der Waals surface area contributed by atoms with Gasteiger partial charge in [0.25, 0.3) is 5.91 Å². The zero-order chi connectivity index (χ0) is 18.6. The molecular weight excluding hydrogens is 342 g/mol. The number of hydrogen-bond acceptors (Lipinski definition) is 5. The van der Waals surface area contributed by atoms with Gasteiger partial charge >= 0.3 is 0 Å². The summed E-state index contributed by atoms with van der Waals surface area (Å²) in [5.41, 5.74) is 2.52. The highest BCUT2D eigenvalue weighted by atomic mass is 16.5. The summed E-state index contributed by atoms with van der Waals surface area (Å²) in [5.74, 6) is 0.100. The maximum Gasteiger partial charge on any atom is 0.251 e. The Morgan fingerprint density at radius 3 is 2.70 bits per heavy atom. The minimum absolute atomic E-state index is 0.109. The molecule has 0 radical (unpaired) electrons. The van der Waals surface area contributed by atoms with Crippen LogP contribution in [0.3, 0.4) is 0 Å². The number of aliphatic hydroxyl groups excluding tert-OH is 1. The first-order valence-corrected chi connectivity index (χ1v) is 9.53. The minimum Gasteiger partial charge on any atom is -0.393 e. The van der Waals surface area contributed by atoms with Crippen LogP contribution in [0.25, 0.3) is 0 Å². The monoisotopic (exact) mass is 367 g/mol. The number of nitrogens with zero attached hydrogens (tertiary/aromatic N) is 2. The molecule has 1 saturated carbocycles. The highest BCUT2D eigenvalue weighted by Gasteiger charge is 2.36. The SMILES string of the molecule is O=C(N[C@@H](c1ccccn1)C1CC(O)C1)c1cccc(N2CCOCC2)c1. The standard InChI is InChI=1S/C21H25N3O3/c25-18-13-16(14-18)20(19-6-1-2-7-22-19)23-21(26)15-4-3-5-17(12-15)24-8-10-27-11-9-24/h1-7,12,16,18,20,25H,8-11,13-14H2,(H,23,26)/t16?,18?,20-/m1/s1. The number of aliphatic hydroxyl groups is 1. The van der Waals surface area contributed by atoms with Gasteiger partial charge in [0, 0.05) is 30.5 Å². The topological polar surface area (TPSA) is 74.7 Å². The number of hydrogen-bond donors (Lipinski definition) is 2. The summed E-state index contributed by atoms with van der Waals surface area (Å²) < 4.78 is 5.41. The van der Waals surface area contributed by atoms with Crippen molar-refractivity contribution in [2.24, 2.45) is 5.92 Å². The van der Waals surface area contributed by atoms with Crippen molar-refractivity contribution >= 4 is 11.6 Å². The first kappa shape index (κ1) is 17.9. The number of ether oxygens (including phenoxy) is 1. The molecule has 1 aromatic heterocycles. The molecule has 1 aliphatic carbocycles. The van der Waals surface area contributed by atoms with Crippen molar-refractivity contribution in [2.75, 3.05) is 31.2 Å². The van der Waals surface area contributed by atoms with Gasteiger partial charge < -0.3 is 20.1 Å². The predicted molar refractivity (Wildman–Crippen MR) is 103 cm³/mol. The molecule has 1 aromatic carbocycles. The van der Waals surface area contributed by atoms with Crippen LogP contribution in [-0.4, -0.2) is 48.4 Å². The maximum atomic E-state index is 12.9. The van der Waals surface area contributed by atoms with Gasteiger partial charge in [0.05, 0.1) is 31.1 Å². The van der Waals surface area contributed by atoms with Crippen LogP contribution in [0.5, 0.6) is 0 Å². The average molecular weight is 367 g/mol. The molecule has 1 saturated heterocycles. The predicted octanol–water partition coefficient (Wildman–Crippen LogP) is 2.16. The summed E-state index contributed by atoms with van der Waals surface area (Å²) in [4.78, 5) is 19.6. The van der Waals surface area contributed by atoms with E-state index in [4.69, 9.17) is 4.74 Å². The zero-order valence-corrected chi connectivity index (χ0v) is 15.3. The van der Waals surface area contributed by atoms with Gasteiger partial charge in [0.1, 0.15) is 0 Å². The summed E-state index contributed by atoms with van der Waals surface area (Å²) in [6.07, 6.45) is 2.84. The maximum absolute atomic E-state index is 12.9. The fourth-order valence-electron chi connectivity index (χ4n) is 3.79. The highest BCUT2D eigenvalue weighted by molar-refractivity contribution is 5.95. The number of amides is 1. The number of nitrogens with one attached hydrogen (secondary N) is 1. The lowest BCUT2D eigenvalue weighted by Crippen LogP contribution is -2.41. The van der Waals surface area contributed by atoms with E-state index in [9.17, 15) is 9.90 Å². The molecule has 6 nitrogen and oxygen atoms in total. The van der Waals surface area contributed by atoms with E-state index in [1.807, 2.05) is 42.5 Å². The van der Waals surface area contributed by atoms with Crippen molar-refractivity contribution in [1.82, 2.24) is 10.3 Å². The molecule has 2 aromatic rings. The molecule has 2 aliphatic rings. The number of morpholine rings is 1. The summed E-state index contributed by atoms with van der Waals surface area (Å²) in [7, 11) is 0. The molecule has 6 heteroatoms. The fourth-order valence-corrected chi connectivity index (χ4v) is 3.79. The van der Waals surface area contributed by atoms with Gasteiger partial charge in [-0.25, -0.2) is 0 Å². The van der Waals surface area contributed by atoms with Gasteiger partial charge in [-0.15, -0.1) is 0 Å². The Labute approximate surface area is 159 Å². The van der Waals surface area contributed by atoms with Crippen LogP contribution < -0.4 is 10.2 Å². The van der Waals surface area contributed by atoms with Gasteiger partial charge in [-0.2, -0.15) is 0 Å². The van der Waals surface area contributed by atoms with E-state index in [1.165, 1.54) is 0 Å². The summed E-state index contributed by atoms with van der Waals surface area (Å²) >= 11 is 0. The second-order valence-corrected chi connectivity index (χ2v) is 7.24. The van der Waals surface area contributed by atoms with Gasteiger partial charge in [-0.3, -0.25) is 9.78 Å². The molecule has 1 aliphatic heterocycles. The largest absolute Gasteiger partial charge is 0.393 e. The quantitative estimate of drug-likeness (QED) is 0.847. The van der Waals surface area contributed by atoms with Crippen LogP contribution in [0.4, 0.5) is 5.69 Å². The van der Waals surface area contributed by atoms with Crippen LogP contribution in [0.2, 0.25) is 0 Å². The van der Waals surface area contributed by atoms with Gasteiger partial charge in [0.15, 0.2) is 0 Å². The summed E-state index contributed by atoms with van der Waals surface area (Å²) in [5, 5.41) is 12.8. The van der Waals surface area contributed by atoms with Crippen LogP contribution >= 0.6 is 0 Å². The zero-order valence-electron chi connectivity index (χ0n) is 15.3. The van der Waals surface area contributed by atoms with Crippen molar-refractivity contribution < 1.29 is 14.6 Å². The molecule has 2 heterocycles. The molecule has 4 rings (SSSR count). The number of aromatic nitrogens is 1. The number of carbonyl (C=O) groups excluding carboxylic acids is 1. The smallest absolute Gasteiger partial charge is 0.251 e. The number of carbonyl (C=O) groups is 1. The van der Waals surface area contributed by atoms with E-state index in [1.54, 1.807) is 6.20 Å². The van der Waals surface area contributed by atoms with E-state index < -0.39 is 0 Å². The molecular formula is C21H25N3O3. The first-order chi connectivity index (χ1) is 13.2. The second kappa shape index (κ2) is 8.06. The van der Waals surface area contributed by atoms with Crippen LogP contribution in [-0.2, 0) is 4.74 Å². The van der Waals surface area contributed by atoms with Crippen molar-refractivity contribution in [1.29, 1.82) is 0 Å². The summed E-state index contributed by atoms with van der Waals surface area (Å²) in [6.45, 7) is 3.09. The average Bonchev–Trinajstić information content (AvgIpc) is 2.71. The molecule has 142 valence electrons. The Balaban J connectivity index is 1.51. The lowest BCUT2D eigenvalue weighted by atomic mass is 9.76. The molecule has 27 heavy (non-hydrogen) atoms. The molecule has 2 N–H and O–H groups in total. The normalized spacial score (nSPS) is 23.4. The molecule has 1 atom stereocenters. The first-order valence-electron chi connectivity index (χ1n) is 9.53. The molecule has 0 spiro atoms. The Bertz CT molecular complexity index is 771. The number of benzene rings is 1. The van der Waals surface area contributed by atoms with E-state index >= 15 is 0 Å². The van der Waals surface area contributed by atoms with E-state index in [0.717, 1.165) is 24.5 Å². The molecule has 0 bridgehead atoms. The van der Waals surface area contributed by atoms with Crippen LogP contribution in [0.15, 0.2) is 48.7 Å². The number of pyridine rings is 1. The Morgan fingerprint density at radius 1 is 1.19 bits per heavy atom.